The van der Waals surface area contributed by atoms with E-state index in [0.717, 1.165) is 87.1 Å². The molecule has 2 aromatic carbocycles. The summed E-state index contributed by atoms with van der Waals surface area (Å²) >= 11 is 0. The second-order valence-corrected chi connectivity index (χ2v) is 14.0. The molecule has 0 aliphatic carbocycles. The highest BCUT2D eigenvalue weighted by Crippen LogP contribution is 2.32. The summed E-state index contributed by atoms with van der Waals surface area (Å²) in [5, 5.41) is 13.9. The molecule has 1 aliphatic rings. The van der Waals surface area contributed by atoms with Crippen LogP contribution in [0.3, 0.4) is 0 Å². The van der Waals surface area contributed by atoms with Crippen LogP contribution in [0.1, 0.15) is 95.9 Å². The first-order chi connectivity index (χ1) is 19.3. The van der Waals surface area contributed by atoms with Gasteiger partial charge in [-0.25, -0.2) is 13.1 Å². The Hall–Kier alpha value is -2.01. The van der Waals surface area contributed by atoms with Crippen LogP contribution in [0.15, 0.2) is 47.4 Å². The van der Waals surface area contributed by atoms with Gasteiger partial charge in [-0.05, 0) is 94.8 Å². The van der Waals surface area contributed by atoms with Crippen LogP contribution in [-0.2, 0) is 32.5 Å². The van der Waals surface area contributed by atoms with Gasteiger partial charge in [-0.3, -0.25) is 0 Å². The van der Waals surface area contributed by atoms with Crippen LogP contribution in [0.2, 0.25) is 0 Å². The Labute approximate surface area is 247 Å². The van der Waals surface area contributed by atoms with E-state index in [4.69, 9.17) is 14.2 Å². The van der Waals surface area contributed by atoms with Gasteiger partial charge in [0, 0.05) is 44.7 Å². The van der Waals surface area contributed by atoms with Crippen molar-refractivity contribution < 1.29 is 27.7 Å². The van der Waals surface area contributed by atoms with Crippen LogP contribution in [0.25, 0.3) is 0 Å². The average molecular weight is 591 g/mol. The summed E-state index contributed by atoms with van der Waals surface area (Å²) in [4.78, 5) is 0.317. The molecule has 0 radical (unpaired) electrons. The van der Waals surface area contributed by atoms with E-state index >= 15 is 0 Å². The number of nitrogens with one attached hydrogen (secondary N) is 2. The molecule has 1 aliphatic heterocycles. The fourth-order valence-electron chi connectivity index (χ4n) is 4.69. The van der Waals surface area contributed by atoms with Crippen LogP contribution in [0.4, 0.5) is 0 Å². The first-order valence-electron chi connectivity index (χ1n) is 14.9. The van der Waals surface area contributed by atoms with E-state index in [9.17, 15) is 13.5 Å². The quantitative estimate of drug-likeness (QED) is 0.205. The summed E-state index contributed by atoms with van der Waals surface area (Å²) in [6.07, 6.45) is 6.52. The molecular weight excluding hydrogens is 540 g/mol. The molecule has 0 bridgehead atoms. The van der Waals surface area contributed by atoms with Crippen molar-refractivity contribution in [1.29, 1.82) is 0 Å². The smallest absolute Gasteiger partial charge is 0.241 e. The van der Waals surface area contributed by atoms with Crippen molar-refractivity contribution in [2.24, 2.45) is 0 Å². The van der Waals surface area contributed by atoms with Crippen molar-refractivity contribution in [3.8, 4) is 5.75 Å². The summed E-state index contributed by atoms with van der Waals surface area (Å²) in [5.41, 5.74) is 2.35. The first kappa shape index (κ1) is 33.5. The summed E-state index contributed by atoms with van der Waals surface area (Å²) in [6, 6.07) is 13.0. The number of aryl methyl sites for hydroxylation is 1. The summed E-state index contributed by atoms with van der Waals surface area (Å²) in [7, 11) is -3.52. The summed E-state index contributed by atoms with van der Waals surface area (Å²) < 4.78 is 45.1. The average Bonchev–Trinajstić information content (AvgIpc) is 2.89. The molecule has 0 unspecified atom stereocenters. The summed E-state index contributed by atoms with van der Waals surface area (Å²) in [6.45, 7) is 12.7. The van der Waals surface area contributed by atoms with Crippen LogP contribution in [0, 0.1) is 0 Å². The third kappa shape index (κ3) is 12.0. The SMILES string of the molecule is CC(C)(C)NS(=O)(=O)c1cccc(CCCCOCCCCCCNC[C@H](O)c2ccc3c(c2)COC(C)(C)O3)c1. The molecule has 0 aromatic heterocycles. The number of aliphatic hydroxyl groups is 1. The predicted octanol–water partition coefficient (Wildman–Crippen LogP) is 5.63. The van der Waals surface area contributed by atoms with Crippen molar-refractivity contribution in [2.75, 3.05) is 26.3 Å². The number of hydrogen-bond donors (Lipinski definition) is 3. The van der Waals surface area contributed by atoms with Gasteiger partial charge in [0.1, 0.15) is 5.75 Å². The number of hydrogen-bond acceptors (Lipinski definition) is 7. The van der Waals surface area contributed by atoms with Crippen LogP contribution >= 0.6 is 0 Å². The number of benzene rings is 2. The topological polar surface area (TPSA) is 106 Å². The largest absolute Gasteiger partial charge is 0.463 e. The lowest BCUT2D eigenvalue weighted by atomic mass is 10.0. The van der Waals surface area contributed by atoms with E-state index in [1.165, 1.54) is 0 Å². The van der Waals surface area contributed by atoms with Gasteiger partial charge in [-0.15, -0.1) is 0 Å². The minimum Gasteiger partial charge on any atom is -0.463 e. The molecule has 0 spiro atoms. The van der Waals surface area contributed by atoms with E-state index in [-0.39, 0.29) is 0 Å². The zero-order chi connectivity index (χ0) is 29.9. The van der Waals surface area contributed by atoms with E-state index in [1.807, 2.05) is 65.0 Å². The Morgan fingerprint density at radius 2 is 1.73 bits per heavy atom. The standard InChI is InChI=1S/C32H50N2O6S/c1-31(2,3)34-41(36,37)28-15-12-14-25(21-28)13-8-11-20-38-19-10-7-6-9-18-33-23-29(35)26-16-17-30-27(22-26)24-39-32(4,5)40-30/h12,14-17,21-22,29,33-35H,6-11,13,18-20,23-24H2,1-5H3/t29-/m0/s1. The van der Waals surface area contributed by atoms with Crippen molar-refractivity contribution in [3.05, 3.63) is 59.2 Å². The molecule has 0 amide bonds. The highest BCUT2D eigenvalue weighted by atomic mass is 32.2. The number of sulfonamides is 1. The molecule has 3 N–H and O–H groups in total. The van der Waals surface area contributed by atoms with Gasteiger partial charge in [-0.1, -0.05) is 31.0 Å². The fraction of sp³-hybridized carbons (Fsp3) is 0.625. The minimum absolute atomic E-state index is 0.317. The van der Waals surface area contributed by atoms with Gasteiger partial charge >= 0.3 is 0 Å². The monoisotopic (exact) mass is 590 g/mol. The van der Waals surface area contributed by atoms with Crippen molar-refractivity contribution >= 4 is 10.0 Å². The highest BCUT2D eigenvalue weighted by molar-refractivity contribution is 7.89. The second kappa shape index (κ2) is 15.5. The molecule has 0 saturated carbocycles. The van der Waals surface area contributed by atoms with Gasteiger partial charge in [0.25, 0.3) is 0 Å². The zero-order valence-electron chi connectivity index (χ0n) is 25.5. The van der Waals surface area contributed by atoms with Crippen molar-refractivity contribution in [2.45, 2.75) is 108 Å². The maximum atomic E-state index is 12.6. The zero-order valence-corrected chi connectivity index (χ0v) is 26.3. The molecule has 1 atom stereocenters. The lowest BCUT2D eigenvalue weighted by molar-refractivity contribution is -0.180. The number of rotatable bonds is 17. The molecule has 1 heterocycles. The molecule has 0 saturated heterocycles. The molecule has 230 valence electrons. The van der Waals surface area contributed by atoms with Gasteiger partial charge < -0.3 is 24.6 Å². The minimum atomic E-state index is -3.52. The Morgan fingerprint density at radius 3 is 2.49 bits per heavy atom. The second-order valence-electron chi connectivity index (χ2n) is 12.4. The Balaban J connectivity index is 1.18. The van der Waals surface area contributed by atoms with Gasteiger partial charge in [-0.2, -0.15) is 0 Å². The first-order valence-corrected chi connectivity index (χ1v) is 16.4. The van der Waals surface area contributed by atoms with Crippen molar-refractivity contribution in [1.82, 2.24) is 10.0 Å². The lowest BCUT2D eigenvalue weighted by Gasteiger charge is -2.33. The third-order valence-corrected chi connectivity index (χ3v) is 8.54. The molecule has 0 fully saturated rings. The predicted molar refractivity (Wildman–Crippen MR) is 163 cm³/mol. The van der Waals surface area contributed by atoms with E-state index in [1.54, 1.807) is 12.1 Å². The van der Waals surface area contributed by atoms with Crippen molar-refractivity contribution in [3.63, 3.8) is 0 Å². The molecular formula is C32H50N2O6S. The Bertz CT molecular complexity index is 1190. The number of aliphatic hydroxyl groups excluding tert-OH is 1. The van der Waals surface area contributed by atoms with E-state index < -0.39 is 27.5 Å². The highest BCUT2D eigenvalue weighted by Gasteiger charge is 2.27. The number of ether oxygens (including phenoxy) is 3. The fourth-order valence-corrected chi connectivity index (χ4v) is 6.18. The number of unbranched alkanes of at least 4 members (excludes halogenated alkanes) is 4. The third-order valence-electron chi connectivity index (χ3n) is 6.78. The number of fused-ring (bicyclic) bond motifs is 1. The maximum Gasteiger partial charge on any atom is 0.241 e. The molecule has 41 heavy (non-hydrogen) atoms. The molecule has 8 nitrogen and oxygen atoms in total. The normalized spacial score (nSPS) is 15.8. The van der Waals surface area contributed by atoms with Gasteiger partial charge in [0.15, 0.2) is 0 Å². The summed E-state index contributed by atoms with van der Waals surface area (Å²) in [5.74, 6) is 0.203. The van der Waals surface area contributed by atoms with E-state index in [2.05, 4.69) is 10.0 Å². The Morgan fingerprint density at radius 1 is 1.00 bits per heavy atom. The van der Waals surface area contributed by atoms with Gasteiger partial charge in [0.2, 0.25) is 15.8 Å². The van der Waals surface area contributed by atoms with Crippen LogP contribution in [0.5, 0.6) is 5.75 Å². The van der Waals surface area contributed by atoms with E-state index in [0.29, 0.717) is 18.0 Å². The molecule has 9 heteroatoms. The molecule has 3 rings (SSSR count). The maximum absolute atomic E-state index is 12.6. The van der Waals surface area contributed by atoms with Crippen LogP contribution in [-0.4, -0.2) is 51.2 Å². The van der Waals surface area contributed by atoms with Crippen LogP contribution < -0.4 is 14.8 Å². The molecule has 2 aromatic rings. The Kier molecular flexibility index (Phi) is 12.6. The lowest BCUT2D eigenvalue weighted by Crippen LogP contribution is -2.40. The van der Waals surface area contributed by atoms with Gasteiger partial charge in [0.05, 0.1) is 17.6 Å².